The van der Waals surface area contributed by atoms with Gasteiger partial charge in [-0.2, -0.15) is 13.8 Å². The van der Waals surface area contributed by atoms with Gasteiger partial charge in [0.05, 0.1) is 12.4 Å². The van der Waals surface area contributed by atoms with E-state index in [-0.39, 0.29) is 23.7 Å². The van der Waals surface area contributed by atoms with Gasteiger partial charge >= 0.3 is 12.1 Å². The first-order valence-corrected chi connectivity index (χ1v) is 17.1. The van der Waals surface area contributed by atoms with Gasteiger partial charge in [-0.05, 0) is 22.3 Å². The third kappa shape index (κ3) is 6.37. The van der Waals surface area contributed by atoms with Gasteiger partial charge in [0.15, 0.2) is 11.2 Å². The smallest absolute Gasteiger partial charge is 0.407 e. The summed E-state index contributed by atoms with van der Waals surface area (Å²) in [6.07, 6.45) is -0.293. The lowest BCUT2D eigenvalue weighted by atomic mass is 9.98. The zero-order valence-electron chi connectivity index (χ0n) is 29.4. The maximum absolute atomic E-state index is 14.5. The molecule has 14 nitrogen and oxygen atoms in total. The van der Waals surface area contributed by atoms with E-state index in [1.807, 2.05) is 48.5 Å². The van der Waals surface area contributed by atoms with Gasteiger partial charge in [0.2, 0.25) is 52.6 Å². The van der Waals surface area contributed by atoms with E-state index in [0.29, 0.717) is 4.57 Å². The summed E-state index contributed by atoms with van der Waals surface area (Å²) < 4.78 is 82.7. The topological polar surface area (TPSA) is 181 Å². The molecule has 0 spiro atoms. The molecule has 0 bridgehead atoms. The van der Waals surface area contributed by atoms with Gasteiger partial charge in [-0.1, -0.05) is 62.4 Å². The van der Waals surface area contributed by atoms with Crippen molar-refractivity contribution in [1.29, 1.82) is 0 Å². The number of carbonyl (C=O) groups is 4. The van der Waals surface area contributed by atoms with Crippen LogP contribution in [-0.4, -0.2) is 73.6 Å². The number of alkyl carbamates (subject to hydrolysis) is 1. The number of carbonyl (C=O) groups excluding carboxylic acids is 4. The zero-order valence-corrected chi connectivity index (χ0v) is 29.4. The largest absolute Gasteiger partial charge is 0.449 e. The molecule has 2 aromatic heterocycles. The van der Waals surface area contributed by atoms with E-state index in [0.717, 1.165) is 33.5 Å². The fourth-order valence-corrected chi connectivity index (χ4v) is 6.98. The Morgan fingerprint density at radius 2 is 1.50 bits per heavy atom. The van der Waals surface area contributed by atoms with Crippen molar-refractivity contribution in [2.24, 2.45) is 5.92 Å². The Morgan fingerprint density at radius 3 is 2.11 bits per heavy atom. The quantitative estimate of drug-likeness (QED) is 0.0751. The van der Waals surface area contributed by atoms with Crippen molar-refractivity contribution < 1.29 is 50.6 Å². The van der Waals surface area contributed by atoms with Crippen LogP contribution < -0.4 is 21.3 Å². The van der Waals surface area contributed by atoms with E-state index < -0.39 is 108 Å². The highest BCUT2D eigenvalue weighted by Crippen LogP contribution is 2.44. The van der Waals surface area contributed by atoms with Crippen LogP contribution in [0.3, 0.4) is 0 Å². The minimum atomic E-state index is -2.48. The molecular formula is C37H30F5N7O7. The number of imidazole rings is 1. The maximum atomic E-state index is 14.5. The van der Waals surface area contributed by atoms with Crippen molar-refractivity contribution in [3.05, 3.63) is 105 Å². The first kappa shape index (κ1) is 37.6. The number of esters is 1. The minimum absolute atomic E-state index is 0.0923. The minimum Gasteiger partial charge on any atom is -0.449 e. The van der Waals surface area contributed by atoms with E-state index in [1.54, 1.807) is 0 Å². The van der Waals surface area contributed by atoms with Crippen LogP contribution in [0.2, 0.25) is 0 Å². The molecule has 0 unspecified atom stereocenters. The van der Waals surface area contributed by atoms with Crippen LogP contribution in [0.15, 0.2) is 59.7 Å². The normalized spacial score (nSPS) is 16.2. The van der Waals surface area contributed by atoms with Crippen molar-refractivity contribution in [1.82, 2.24) is 29.3 Å². The van der Waals surface area contributed by atoms with Crippen LogP contribution in [0.4, 0.5) is 32.7 Å². The molecule has 7 rings (SSSR count). The average molecular weight is 780 g/mol. The molecule has 0 radical (unpaired) electrons. The van der Waals surface area contributed by atoms with Crippen LogP contribution >= 0.6 is 0 Å². The summed E-state index contributed by atoms with van der Waals surface area (Å²) in [6.45, 7) is 1.81. The molecule has 2 amide bonds. The Bertz CT molecular complexity index is 2450. The van der Waals surface area contributed by atoms with E-state index in [1.165, 1.54) is 18.4 Å². The second kappa shape index (κ2) is 14.5. The number of nitrogens with two attached hydrogens (primary N) is 1. The number of nitrogens with zero attached hydrogens (tertiary/aromatic N) is 5. The fourth-order valence-electron chi connectivity index (χ4n) is 6.98. The summed E-state index contributed by atoms with van der Waals surface area (Å²) >= 11 is 0. The van der Waals surface area contributed by atoms with Gasteiger partial charge < -0.3 is 30.0 Å². The molecule has 3 heterocycles. The second-order valence-corrected chi connectivity index (χ2v) is 13.4. The molecule has 19 heteroatoms. The monoisotopic (exact) mass is 779 g/mol. The van der Waals surface area contributed by atoms with Crippen molar-refractivity contribution in [3.63, 3.8) is 0 Å². The van der Waals surface area contributed by atoms with Crippen LogP contribution in [0.1, 0.15) is 48.1 Å². The van der Waals surface area contributed by atoms with Crippen LogP contribution in [0.5, 0.6) is 5.75 Å². The molecule has 290 valence electrons. The number of benzene rings is 3. The van der Waals surface area contributed by atoms with Crippen LogP contribution in [0, 0.1) is 35.0 Å². The van der Waals surface area contributed by atoms with E-state index >= 15 is 0 Å². The van der Waals surface area contributed by atoms with E-state index in [9.17, 15) is 45.9 Å². The van der Waals surface area contributed by atoms with Gasteiger partial charge in [0.1, 0.15) is 19.2 Å². The molecule has 1 aliphatic heterocycles. The number of halogens is 5. The third-order valence-electron chi connectivity index (χ3n) is 9.70. The number of likely N-dealkylation sites (tertiary alicyclic amines) is 1. The number of fused-ring (bicyclic) bond motifs is 4. The molecule has 1 fully saturated rings. The van der Waals surface area contributed by atoms with Gasteiger partial charge in [-0.25, -0.2) is 32.3 Å². The summed E-state index contributed by atoms with van der Waals surface area (Å²) in [5.41, 5.74) is 8.47. The standard InChI is InChI=1S/C37H30F5N7O7/c1-16(2)33(51)49-34(52)30-32(46-36(49)43)48(15-45-30)17-11-23(35(53)56-31-28(41)26(39)25(38)27(40)29(31)42)47(13-17)24(50)12-44-37(54)55-14-22-20-9-5-3-7-18(20)19-8-4-6-10-21(19)22/h3-10,15-17,22-23H,11-14H2,1-2H3,(H2,43,46)(H,44,54)/t17-,23-/m1/s1. The Labute approximate surface area is 312 Å². The first-order valence-electron chi connectivity index (χ1n) is 17.1. The summed E-state index contributed by atoms with van der Waals surface area (Å²) in [7, 11) is 0. The highest BCUT2D eigenvalue weighted by molar-refractivity contribution is 5.89. The zero-order chi connectivity index (χ0) is 40.2. The highest BCUT2D eigenvalue weighted by Gasteiger charge is 2.43. The number of nitrogen functional groups attached to an aromatic ring is 1. The lowest BCUT2D eigenvalue weighted by molar-refractivity contribution is -0.146. The molecule has 5 aromatic rings. The van der Waals surface area contributed by atoms with Gasteiger partial charge in [0, 0.05) is 24.8 Å². The van der Waals surface area contributed by atoms with Crippen molar-refractivity contribution in [3.8, 4) is 16.9 Å². The average Bonchev–Trinajstić information content (AvgIpc) is 3.90. The molecule has 56 heavy (non-hydrogen) atoms. The molecule has 0 saturated carbocycles. The highest BCUT2D eigenvalue weighted by atomic mass is 19.2. The van der Waals surface area contributed by atoms with Crippen molar-refractivity contribution in [2.75, 3.05) is 25.4 Å². The lowest BCUT2D eigenvalue weighted by Gasteiger charge is -2.23. The fraction of sp³-hybridized carbons (Fsp3) is 0.270. The van der Waals surface area contributed by atoms with E-state index in [4.69, 9.17) is 15.2 Å². The molecule has 2 atom stereocenters. The Kier molecular flexibility index (Phi) is 9.77. The predicted molar refractivity (Wildman–Crippen MR) is 186 cm³/mol. The van der Waals surface area contributed by atoms with Crippen molar-refractivity contribution >= 4 is 41.0 Å². The second-order valence-electron chi connectivity index (χ2n) is 13.4. The number of anilines is 1. The molecule has 1 aliphatic carbocycles. The molecule has 2 aliphatic rings. The Morgan fingerprint density at radius 1 is 0.911 bits per heavy atom. The number of hydrogen-bond donors (Lipinski definition) is 2. The Balaban J connectivity index is 1.12. The van der Waals surface area contributed by atoms with Gasteiger partial charge in [-0.15, -0.1) is 0 Å². The predicted octanol–water partition coefficient (Wildman–Crippen LogP) is 4.45. The van der Waals surface area contributed by atoms with Gasteiger partial charge in [0.25, 0.3) is 5.56 Å². The summed E-state index contributed by atoms with van der Waals surface area (Å²) in [5.74, 6) is -18.6. The van der Waals surface area contributed by atoms with Gasteiger partial charge in [-0.3, -0.25) is 14.4 Å². The first-order chi connectivity index (χ1) is 26.7. The number of aromatic nitrogens is 4. The number of rotatable bonds is 8. The maximum Gasteiger partial charge on any atom is 0.407 e. The summed E-state index contributed by atoms with van der Waals surface area (Å²) in [6, 6.07) is 12.5. The SMILES string of the molecule is CC(C)C(=O)n1c(N)nc2c(ncn2[C@@H]2C[C@H](C(=O)Oc3c(F)c(F)c(F)c(F)c3F)N(C(=O)CNC(=O)OCC3c4ccccc4-c4ccccc43)C2)c1=O. The molecule has 3 aromatic carbocycles. The number of nitrogens with one attached hydrogen (secondary N) is 1. The molecule has 3 N–H and O–H groups in total. The lowest BCUT2D eigenvalue weighted by Crippen LogP contribution is -2.47. The van der Waals surface area contributed by atoms with Crippen molar-refractivity contribution in [2.45, 2.75) is 38.3 Å². The number of amides is 2. The summed E-state index contributed by atoms with van der Waals surface area (Å²) in [4.78, 5) is 74.9. The molecule has 1 saturated heterocycles. The van der Waals surface area contributed by atoms with Crippen LogP contribution in [0.25, 0.3) is 22.3 Å². The van der Waals surface area contributed by atoms with Crippen LogP contribution in [-0.2, 0) is 14.3 Å². The third-order valence-corrected chi connectivity index (χ3v) is 9.70. The summed E-state index contributed by atoms with van der Waals surface area (Å²) in [5, 5.41) is 2.31. The molecular weight excluding hydrogens is 749 g/mol. The Hall–Kier alpha value is -6.66. The van der Waals surface area contributed by atoms with E-state index in [2.05, 4.69) is 15.3 Å². The number of hydrogen-bond acceptors (Lipinski definition) is 10. The number of ether oxygens (including phenoxy) is 2.